The molecule has 0 saturated carbocycles. The molecular weight excluding hydrogens is 202 g/mol. The minimum absolute atomic E-state index is 0.148. The average Bonchev–Trinajstić information content (AvgIpc) is 2.42. The van der Waals surface area contributed by atoms with Crippen molar-refractivity contribution in [1.82, 2.24) is 9.97 Å². The summed E-state index contributed by atoms with van der Waals surface area (Å²) in [5.41, 5.74) is 7.74. The van der Waals surface area contributed by atoms with Crippen molar-refractivity contribution >= 4 is 22.6 Å². The van der Waals surface area contributed by atoms with Gasteiger partial charge in [-0.05, 0) is 24.6 Å². The maximum Gasteiger partial charge on any atom is 0.323 e. The van der Waals surface area contributed by atoms with E-state index < -0.39 is 0 Å². The van der Waals surface area contributed by atoms with Crippen LogP contribution >= 0.6 is 11.6 Å². The molecule has 74 valence electrons. The van der Waals surface area contributed by atoms with Crippen molar-refractivity contribution in [2.75, 3.05) is 0 Å². The Hall–Kier alpha value is -1.26. The fraction of sp³-hybridized carbons (Fsp3) is 0.222. The first kappa shape index (κ1) is 9.30. The monoisotopic (exact) mass is 211 g/mol. The zero-order chi connectivity index (χ0) is 10.3. The Morgan fingerprint density at radius 2 is 1.93 bits per heavy atom. The van der Waals surface area contributed by atoms with Gasteiger partial charge in [0.05, 0.1) is 11.0 Å². The number of hydrogen-bond acceptors (Lipinski definition) is 2. The minimum Gasteiger partial charge on any atom is -0.324 e. The van der Waals surface area contributed by atoms with Gasteiger partial charge in [0, 0.05) is 11.1 Å². The van der Waals surface area contributed by atoms with Crippen molar-refractivity contribution in [3.05, 3.63) is 33.2 Å². The number of H-pyrrole nitrogens is 2. The summed E-state index contributed by atoms with van der Waals surface area (Å²) in [7, 11) is 0. The average molecular weight is 212 g/mol. The maximum atomic E-state index is 11.0. The molecule has 0 aliphatic carbocycles. The van der Waals surface area contributed by atoms with Crippen LogP contribution in [-0.4, -0.2) is 9.97 Å². The number of benzene rings is 1. The van der Waals surface area contributed by atoms with E-state index in [1.165, 1.54) is 0 Å². The first-order chi connectivity index (χ1) is 6.58. The summed E-state index contributed by atoms with van der Waals surface area (Å²) in [5.74, 6) is 0. The molecule has 1 aromatic carbocycles. The van der Waals surface area contributed by atoms with Crippen LogP contribution in [0, 0.1) is 0 Å². The van der Waals surface area contributed by atoms with Crippen LogP contribution in [0.1, 0.15) is 18.5 Å². The van der Waals surface area contributed by atoms with E-state index in [0.29, 0.717) is 10.5 Å². The minimum atomic E-state index is -0.238. The topological polar surface area (TPSA) is 74.7 Å². The summed E-state index contributed by atoms with van der Waals surface area (Å²) in [6.45, 7) is 1.85. The fourth-order valence-corrected chi connectivity index (χ4v) is 1.76. The van der Waals surface area contributed by atoms with Crippen LogP contribution in [0.4, 0.5) is 0 Å². The van der Waals surface area contributed by atoms with Gasteiger partial charge in [-0.3, -0.25) is 0 Å². The van der Waals surface area contributed by atoms with E-state index in [0.717, 1.165) is 11.1 Å². The molecule has 5 heteroatoms. The lowest BCUT2D eigenvalue weighted by Gasteiger charge is -2.07. The maximum absolute atomic E-state index is 11.0. The lowest BCUT2D eigenvalue weighted by Crippen LogP contribution is -2.05. The number of rotatable bonds is 1. The summed E-state index contributed by atoms with van der Waals surface area (Å²) in [5, 5.41) is 0.572. The highest BCUT2D eigenvalue weighted by Crippen LogP contribution is 2.24. The number of imidazole rings is 1. The first-order valence-electron chi connectivity index (χ1n) is 4.25. The summed E-state index contributed by atoms with van der Waals surface area (Å²) in [6, 6.07) is 3.35. The number of aromatic nitrogens is 2. The Labute approximate surface area is 85.1 Å². The van der Waals surface area contributed by atoms with Gasteiger partial charge in [0.15, 0.2) is 0 Å². The number of aromatic amines is 2. The number of nitrogens with one attached hydrogen (secondary N) is 2. The molecule has 1 unspecified atom stereocenters. The third-order valence-corrected chi connectivity index (χ3v) is 2.45. The van der Waals surface area contributed by atoms with E-state index in [2.05, 4.69) is 9.97 Å². The van der Waals surface area contributed by atoms with E-state index in [-0.39, 0.29) is 11.7 Å². The Morgan fingerprint density at radius 3 is 2.50 bits per heavy atom. The van der Waals surface area contributed by atoms with Gasteiger partial charge >= 0.3 is 5.69 Å². The highest BCUT2D eigenvalue weighted by Gasteiger charge is 2.08. The lowest BCUT2D eigenvalue weighted by molar-refractivity contribution is 0.820. The normalized spacial score (nSPS) is 13.4. The Bertz CT molecular complexity index is 526. The quantitative estimate of drug-likeness (QED) is 0.669. The van der Waals surface area contributed by atoms with Crippen molar-refractivity contribution in [1.29, 1.82) is 0 Å². The molecule has 0 saturated heterocycles. The van der Waals surface area contributed by atoms with Crippen molar-refractivity contribution < 1.29 is 0 Å². The summed E-state index contributed by atoms with van der Waals surface area (Å²) in [4.78, 5) is 16.3. The van der Waals surface area contributed by atoms with Crippen LogP contribution < -0.4 is 11.4 Å². The lowest BCUT2D eigenvalue weighted by atomic mass is 10.1. The van der Waals surface area contributed by atoms with Gasteiger partial charge in [-0.2, -0.15) is 0 Å². The number of hydrogen-bond donors (Lipinski definition) is 3. The van der Waals surface area contributed by atoms with Gasteiger partial charge in [0.25, 0.3) is 0 Å². The zero-order valence-electron chi connectivity index (χ0n) is 7.60. The molecule has 0 aliphatic heterocycles. The highest BCUT2D eigenvalue weighted by atomic mass is 35.5. The fourth-order valence-electron chi connectivity index (χ4n) is 1.42. The third-order valence-electron chi connectivity index (χ3n) is 2.12. The van der Waals surface area contributed by atoms with Crippen LogP contribution in [0.5, 0.6) is 0 Å². The van der Waals surface area contributed by atoms with Crippen molar-refractivity contribution in [3.63, 3.8) is 0 Å². The second-order valence-electron chi connectivity index (χ2n) is 3.29. The van der Waals surface area contributed by atoms with E-state index in [9.17, 15) is 4.79 Å². The van der Waals surface area contributed by atoms with Crippen LogP contribution in [-0.2, 0) is 0 Å². The van der Waals surface area contributed by atoms with Gasteiger partial charge in [0.1, 0.15) is 0 Å². The molecule has 14 heavy (non-hydrogen) atoms. The van der Waals surface area contributed by atoms with Crippen LogP contribution in [0.2, 0.25) is 5.02 Å². The molecule has 0 aliphatic rings. The van der Waals surface area contributed by atoms with Crippen LogP contribution in [0.25, 0.3) is 11.0 Å². The van der Waals surface area contributed by atoms with Crippen molar-refractivity contribution in [2.45, 2.75) is 13.0 Å². The molecule has 0 radical (unpaired) electrons. The van der Waals surface area contributed by atoms with Gasteiger partial charge in [-0.15, -0.1) is 0 Å². The molecule has 1 aromatic heterocycles. The van der Waals surface area contributed by atoms with E-state index in [1.807, 2.05) is 6.92 Å². The largest absolute Gasteiger partial charge is 0.324 e. The molecule has 2 aromatic rings. The second kappa shape index (κ2) is 3.15. The molecule has 4 N–H and O–H groups in total. The molecular formula is C9H10ClN3O. The highest BCUT2D eigenvalue weighted by molar-refractivity contribution is 6.32. The SMILES string of the molecule is CC(N)c1cc2[nH]c(=O)[nH]c2cc1Cl. The van der Waals surface area contributed by atoms with Gasteiger partial charge in [-0.25, -0.2) is 4.79 Å². The summed E-state index contributed by atoms with van der Waals surface area (Å²) >= 11 is 5.99. The Kier molecular flexibility index (Phi) is 2.09. The van der Waals surface area contributed by atoms with Gasteiger partial charge in [-0.1, -0.05) is 11.6 Å². The molecule has 1 atom stereocenters. The van der Waals surface area contributed by atoms with Gasteiger partial charge in [0.2, 0.25) is 0 Å². The molecule has 2 rings (SSSR count). The number of nitrogens with two attached hydrogens (primary N) is 1. The van der Waals surface area contributed by atoms with E-state index in [1.54, 1.807) is 12.1 Å². The predicted octanol–water partition coefficient (Wildman–Crippen LogP) is 1.53. The molecule has 0 amide bonds. The smallest absolute Gasteiger partial charge is 0.323 e. The number of fused-ring (bicyclic) bond motifs is 1. The third kappa shape index (κ3) is 1.42. The van der Waals surface area contributed by atoms with E-state index in [4.69, 9.17) is 17.3 Å². The predicted molar refractivity (Wildman–Crippen MR) is 56.5 cm³/mol. The number of halogens is 1. The molecule has 0 bridgehead atoms. The standard InChI is InChI=1S/C9H10ClN3O/c1-4(11)5-2-7-8(3-6(5)10)13-9(14)12-7/h2-4H,11H2,1H3,(H2,12,13,14). The van der Waals surface area contributed by atoms with Crippen LogP contribution in [0.15, 0.2) is 16.9 Å². The molecule has 0 fully saturated rings. The van der Waals surface area contributed by atoms with Crippen LogP contribution in [0.3, 0.4) is 0 Å². The van der Waals surface area contributed by atoms with Crippen molar-refractivity contribution in [3.8, 4) is 0 Å². The van der Waals surface area contributed by atoms with Gasteiger partial charge < -0.3 is 15.7 Å². The second-order valence-corrected chi connectivity index (χ2v) is 3.69. The molecule has 0 spiro atoms. The summed E-state index contributed by atoms with van der Waals surface area (Å²) < 4.78 is 0. The van der Waals surface area contributed by atoms with E-state index >= 15 is 0 Å². The Morgan fingerprint density at radius 1 is 1.36 bits per heavy atom. The zero-order valence-corrected chi connectivity index (χ0v) is 8.35. The Balaban J connectivity index is 2.76. The molecule has 1 heterocycles. The first-order valence-corrected chi connectivity index (χ1v) is 4.63. The summed E-state index contributed by atoms with van der Waals surface area (Å²) in [6.07, 6.45) is 0. The molecule has 4 nitrogen and oxygen atoms in total. The van der Waals surface area contributed by atoms with Crippen molar-refractivity contribution in [2.24, 2.45) is 5.73 Å².